The van der Waals surface area contributed by atoms with Gasteiger partial charge in [-0.05, 0) is 54.7 Å². The van der Waals surface area contributed by atoms with Crippen LogP contribution in [0.25, 0.3) is 0 Å². The van der Waals surface area contributed by atoms with Gasteiger partial charge in [0.25, 0.3) is 0 Å². The minimum Gasteiger partial charge on any atom is -0.497 e. The molecule has 7 nitrogen and oxygen atoms in total. The number of rotatable bonds is 8. The standard InChI is InChI=1S/C30H35NO6/c1-7-36-29(33)26-18(2)31-23-15-30(3,4)16-24(32)28(23)27(26)19-8-9-20(25(14-19)35-6)17-37-22-12-10-21(34-5)11-13-22/h8-14,26-27,31H,2,7,15-17H2,1,3-6H3. The molecule has 196 valence electrons. The van der Waals surface area contributed by atoms with Gasteiger partial charge in [0.05, 0.1) is 20.8 Å². The molecule has 4 rings (SSSR count). The second kappa shape index (κ2) is 10.7. The molecule has 0 saturated heterocycles. The van der Waals surface area contributed by atoms with Crippen LogP contribution in [-0.4, -0.2) is 32.6 Å². The summed E-state index contributed by atoms with van der Waals surface area (Å²) < 4.78 is 22.3. The lowest BCUT2D eigenvalue weighted by atomic mass is 9.66. The molecule has 0 bridgehead atoms. The van der Waals surface area contributed by atoms with Crippen molar-refractivity contribution < 1.29 is 28.5 Å². The van der Waals surface area contributed by atoms with Crippen molar-refractivity contribution in [3.8, 4) is 17.2 Å². The highest BCUT2D eigenvalue weighted by Gasteiger charge is 2.46. The van der Waals surface area contributed by atoms with E-state index in [1.165, 1.54) is 0 Å². The first-order valence-electron chi connectivity index (χ1n) is 12.5. The number of ketones is 1. The van der Waals surface area contributed by atoms with E-state index in [1.807, 2.05) is 42.5 Å². The molecule has 2 aromatic rings. The number of allylic oxidation sites excluding steroid dienone is 2. The maximum Gasteiger partial charge on any atom is 0.315 e. The van der Waals surface area contributed by atoms with E-state index in [1.54, 1.807) is 21.1 Å². The number of methoxy groups -OCH3 is 2. The molecule has 2 atom stereocenters. The van der Waals surface area contributed by atoms with E-state index in [9.17, 15) is 9.59 Å². The Morgan fingerprint density at radius 3 is 2.41 bits per heavy atom. The number of hydrogen-bond donors (Lipinski definition) is 1. The zero-order chi connectivity index (χ0) is 26.7. The molecule has 1 heterocycles. The van der Waals surface area contributed by atoms with E-state index < -0.39 is 17.8 Å². The monoisotopic (exact) mass is 505 g/mol. The van der Waals surface area contributed by atoms with Crippen LogP contribution in [0.2, 0.25) is 0 Å². The third-order valence-electron chi connectivity index (χ3n) is 6.92. The van der Waals surface area contributed by atoms with Gasteiger partial charge in [-0.3, -0.25) is 9.59 Å². The van der Waals surface area contributed by atoms with Gasteiger partial charge in [-0.2, -0.15) is 0 Å². The molecule has 1 aliphatic heterocycles. The van der Waals surface area contributed by atoms with Gasteiger partial charge in [0.1, 0.15) is 29.8 Å². The number of carbonyl (C=O) groups excluding carboxylic acids is 2. The van der Waals surface area contributed by atoms with Gasteiger partial charge in [-0.1, -0.05) is 32.6 Å². The molecule has 0 amide bonds. The molecule has 1 aliphatic carbocycles. The summed E-state index contributed by atoms with van der Waals surface area (Å²) in [5.74, 6) is 0.462. The molecule has 2 aliphatic rings. The molecule has 7 heteroatoms. The second-order valence-corrected chi connectivity index (χ2v) is 10.2. The van der Waals surface area contributed by atoms with Crippen molar-refractivity contribution in [3.63, 3.8) is 0 Å². The SMILES string of the molecule is C=C1NC2=C(C(=O)CC(C)(C)C2)C(c2ccc(COc3ccc(OC)cc3)c(OC)c2)C1C(=O)OCC. The molecule has 0 saturated carbocycles. The Morgan fingerprint density at radius 2 is 1.76 bits per heavy atom. The van der Waals surface area contributed by atoms with Crippen LogP contribution in [0.1, 0.15) is 50.7 Å². The van der Waals surface area contributed by atoms with Gasteiger partial charge in [0, 0.05) is 34.9 Å². The number of esters is 1. The Kier molecular flexibility index (Phi) is 7.62. The lowest BCUT2D eigenvalue weighted by Gasteiger charge is -2.42. The fourth-order valence-electron chi connectivity index (χ4n) is 5.22. The predicted molar refractivity (Wildman–Crippen MR) is 141 cm³/mol. The summed E-state index contributed by atoms with van der Waals surface area (Å²) in [4.78, 5) is 26.6. The molecule has 2 aromatic carbocycles. The fourth-order valence-corrected chi connectivity index (χ4v) is 5.22. The van der Waals surface area contributed by atoms with Crippen LogP contribution in [0, 0.1) is 11.3 Å². The normalized spacial score (nSPS) is 20.6. The molecule has 0 fully saturated rings. The molecule has 0 radical (unpaired) electrons. The summed E-state index contributed by atoms with van der Waals surface area (Å²) >= 11 is 0. The largest absolute Gasteiger partial charge is 0.497 e. The molecule has 0 aromatic heterocycles. The van der Waals surface area contributed by atoms with Gasteiger partial charge in [-0.15, -0.1) is 0 Å². The van der Waals surface area contributed by atoms with Crippen molar-refractivity contribution in [2.45, 2.75) is 46.1 Å². The minimum absolute atomic E-state index is 0.0384. The lowest BCUT2D eigenvalue weighted by Crippen LogP contribution is -2.43. The van der Waals surface area contributed by atoms with E-state index in [4.69, 9.17) is 18.9 Å². The second-order valence-electron chi connectivity index (χ2n) is 10.2. The minimum atomic E-state index is -0.727. The zero-order valence-electron chi connectivity index (χ0n) is 22.2. The quantitative estimate of drug-likeness (QED) is 0.487. The Labute approximate surface area is 218 Å². The molecule has 1 N–H and O–H groups in total. The first kappa shape index (κ1) is 26.3. The number of benzene rings is 2. The number of hydrogen-bond acceptors (Lipinski definition) is 7. The van der Waals surface area contributed by atoms with Gasteiger partial charge < -0.3 is 24.3 Å². The van der Waals surface area contributed by atoms with Crippen molar-refractivity contribution in [3.05, 3.63) is 77.1 Å². The average molecular weight is 506 g/mol. The summed E-state index contributed by atoms with van der Waals surface area (Å²) in [7, 11) is 3.21. The summed E-state index contributed by atoms with van der Waals surface area (Å²) in [6.07, 6.45) is 1.11. The van der Waals surface area contributed by atoms with Gasteiger partial charge in [-0.25, -0.2) is 0 Å². The van der Waals surface area contributed by atoms with Gasteiger partial charge in [0.15, 0.2) is 5.78 Å². The van der Waals surface area contributed by atoms with Crippen LogP contribution in [0.4, 0.5) is 0 Å². The third-order valence-corrected chi connectivity index (χ3v) is 6.92. The van der Waals surface area contributed by atoms with Gasteiger partial charge in [0.2, 0.25) is 0 Å². The predicted octanol–water partition coefficient (Wildman–Crippen LogP) is 5.31. The summed E-state index contributed by atoms with van der Waals surface area (Å²) in [6, 6.07) is 13.1. The van der Waals surface area contributed by atoms with E-state index >= 15 is 0 Å². The highest BCUT2D eigenvalue weighted by atomic mass is 16.5. The third kappa shape index (κ3) is 5.50. The smallest absolute Gasteiger partial charge is 0.315 e. The molecule has 0 spiro atoms. The molecular formula is C30H35NO6. The van der Waals surface area contributed by atoms with E-state index in [2.05, 4.69) is 25.7 Å². The summed E-state index contributed by atoms with van der Waals surface area (Å²) in [5, 5.41) is 3.28. The van der Waals surface area contributed by atoms with Crippen LogP contribution in [-0.2, 0) is 20.9 Å². The van der Waals surface area contributed by atoms with Crippen LogP contribution in [0.3, 0.4) is 0 Å². The molecule has 2 unspecified atom stereocenters. The lowest BCUT2D eigenvalue weighted by molar-refractivity contribution is -0.147. The summed E-state index contributed by atoms with van der Waals surface area (Å²) in [5.41, 5.74) is 3.47. The van der Waals surface area contributed by atoms with Crippen LogP contribution < -0.4 is 19.5 Å². The Bertz CT molecular complexity index is 1230. The number of nitrogens with one attached hydrogen (secondary N) is 1. The number of carbonyl (C=O) groups is 2. The first-order valence-corrected chi connectivity index (χ1v) is 12.5. The average Bonchev–Trinajstić information content (AvgIpc) is 2.86. The van der Waals surface area contributed by atoms with Crippen molar-refractivity contribution in [1.29, 1.82) is 0 Å². The zero-order valence-corrected chi connectivity index (χ0v) is 22.2. The first-order chi connectivity index (χ1) is 17.7. The van der Waals surface area contributed by atoms with Gasteiger partial charge >= 0.3 is 5.97 Å². The highest BCUT2D eigenvalue weighted by Crippen LogP contribution is 2.48. The Morgan fingerprint density at radius 1 is 1.05 bits per heavy atom. The number of ether oxygens (including phenoxy) is 4. The maximum absolute atomic E-state index is 13.4. The van der Waals surface area contributed by atoms with Crippen molar-refractivity contribution >= 4 is 11.8 Å². The van der Waals surface area contributed by atoms with Crippen molar-refractivity contribution in [1.82, 2.24) is 5.32 Å². The van der Waals surface area contributed by atoms with E-state index in [-0.39, 0.29) is 24.4 Å². The Hall–Kier alpha value is -3.74. The highest BCUT2D eigenvalue weighted by molar-refractivity contribution is 6.00. The van der Waals surface area contributed by atoms with Crippen molar-refractivity contribution in [2.24, 2.45) is 11.3 Å². The topological polar surface area (TPSA) is 83.1 Å². The number of Topliss-reactive ketones (excluding diaryl/α,β-unsaturated/α-hetero) is 1. The maximum atomic E-state index is 13.4. The fraction of sp³-hybridized carbons (Fsp3) is 0.400. The van der Waals surface area contributed by atoms with Crippen LogP contribution in [0.15, 0.2) is 66.0 Å². The van der Waals surface area contributed by atoms with E-state index in [0.717, 1.165) is 22.6 Å². The Balaban J connectivity index is 1.70. The molecular weight excluding hydrogens is 470 g/mol. The summed E-state index contributed by atoms with van der Waals surface area (Å²) in [6.45, 7) is 10.6. The van der Waals surface area contributed by atoms with Crippen molar-refractivity contribution in [2.75, 3.05) is 20.8 Å². The molecule has 37 heavy (non-hydrogen) atoms. The van der Waals surface area contributed by atoms with Crippen LogP contribution in [0.5, 0.6) is 17.2 Å². The van der Waals surface area contributed by atoms with E-state index in [0.29, 0.717) is 35.6 Å². The van der Waals surface area contributed by atoms with Crippen LogP contribution >= 0.6 is 0 Å².